The molecule has 2 aromatic rings. The third-order valence-corrected chi connectivity index (χ3v) is 4.65. The Kier molecular flexibility index (Phi) is 6.16. The minimum Gasteiger partial charge on any atom is -0.451 e. The van der Waals surface area contributed by atoms with E-state index < -0.39 is 5.97 Å². The molecule has 0 saturated carbocycles. The summed E-state index contributed by atoms with van der Waals surface area (Å²) in [6.45, 7) is 4.00. The minimum atomic E-state index is -0.481. The lowest BCUT2D eigenvalue weighted by Gasteiger charge is -2.26. The van der Waals surface area contributed by atoms with Crippen molar-refractivity contribution in [1.82, 2.24) is 4.90 Å². The summed E-state index contributed by atoms with van der Waals surface area (Å²) in [6.07, 6.45) is 0. The summed E-state index contributed by atoms with van der Waals surface area (Å²) in [4.78, 5) is 26.4. The number of thiophene rings is 1. The molecule has 1 aromatic carbocycles. The van der Waals surface area contributed by atoms with E-state index in [1.54, 1.807) is 17.5 Å². The highest BCUT2D eigenvalue weighted by molar-refractivity contribution is 7.11. The van der Waals surface area contributed by atoms with Gasteiger partial charge in [-0.15, -0.1) is 11.3 Å². The topological polar surface area (TPSA) is 67.9 Å². The third kappa shape index (κ3) is 5.38. The Labute approximate surface area is 150 Å². The maximum Gasteiger partial charge on any atom is 0.348 e. The number of nitrogens with zero attached hydrogens (tertiary/aromatic N) is 1. The second-order valence-electron chi connectivity index (χ2n) is 5.69. The molecule has 1 aliphatic heterocycles. The Balaban J connectivity index is 1.44. The maximum absolute atomic E-state index is 11.9. The van der Waals surface area contributed by atoms with Crippen LogP contribution in [0.25, 0.3) is 0 Å². The number of hydrogen-bond acceptors (Lipinski definition) is 6. The van der Waals surface area contributed by atoms with Gasteiger partial charge >= 0.3 is 5.97 Å². The van der Waals surface area contributed by atoms with E-state index >= 15 is 0 Å². The predicted octanol–water partition coefficient (Wildman–Crippen LogP) is 2.38. The number of morpholine rings is 1. The van der Waals surface area contributed by atoms with Crippen LogP contribution in [0.5, 0.6) is 0 Å². The predicted molar refractivity (Wildman–Crippen MR) is 95.8 cm³/mol. The van der Waals surface area contributed by atoms with Gasteiger partial charge in [-0.1, -0.05) is 18.2 Å². The van der Waals surface area contributed by atoms with Gasteiger partial charge in [-0.3, -0.25) is 9.69 Å². The molecular formula is C18H20N2O4S. The Morgan fingerprint density at radius 3 is 2.60 bits per heavy atom. The SMILES string of the molecule is O=C(COC(=O)c1cccs1)Nc1ccc(CN2CCOCC2)cc1. The quantitative estimate of drug-likeness (QED) is 0.801. The number of nitrogens with one attached hydrogen (secondary N) is 1. The zero-order chi connectivity index (χ0) is 17.5. The first-order valence-corrected chi connectivity index (χ1v) is 8.98. The molecule has 0 radical (unpaired) electrons. The number of benzene rings is 1. The minimum absolute atomic E-state index is 0.299. The number of carbonyl (C=O) groups is 2. The fourth-order valence-corrected chi connectivity index (χ4v) is 3.12. The van der Waals surface area contributed by atoms with Crippen molar-refractivity contribution in [3.8, 4) is 0 Å². The van der Waals surface area contributed by atoms with E-state index in [0.717, 1.165) is 32.8 Å². The van der Waals surface area contributed by atoms with E-state index in [1.165, 1.54) is 16.9 Å². The Hall–Kier alpha value is -2.22. The lowest BCUT2D eigenvalue weighted by Crippen LogP contribution is -2.35. The van der Waals surface area contributed by atoms with E-state index in [9.17, 15) is 9.59 Å². The Bertz CT molecular complexity index is 694. The van der Waals surface area contributed by atoms with Crippen molar-refractivity contribution in [2.75, 3.05) is 38.2 Å². The van der Waals surface area contributed by atoms with Crippen molar-refractivity contribution in [3.05, 3.63) is 52.2 Å². The normalized spacial score (nSPS) is 14.9. The lowest BCUT2D eigenvalue weighted by molar-refractivity contribution is -0.119. The molecule has 1 aliphatic rings. The molecule has 0 atom stereocenters. The van der Waals surface area contributed by atoms with Gasteiger partial charge in [-0.2, -0.15) is 0 Å². The van der Waals surface area contributed by atoms with Gasteiger partial charge in [-0.05, 0) is 29.1 Å². The number of esters is 1. The molecule has 0 bridgehead atoms. The zero-order valence-corrected chi connectivity index (χ0v) is 14.6. The van der Waals surface area contributed by atoms with Crippen LogP contribution in [0, 0.1) is 0 Å². The average molecular weight is 360 g/mol. The summed E-state index contributed by atoms with van der Waals surface area (Å²) in [7, 11) is 0. The Morgan fingerprint density at radius 2 is 1.92 bits per heavy atom. The number of ether oxygens (including phenoxy) is 2. The molecule has 1 amide bonds. The van der Waals surface area contributed by atoms with Gasteiger partial charge in [0, 0.05) is 25.3 Å². The molecule has 132 valence electrons. The second kappa shape index (κ2) is 8.75. The standard InChI is InChI=1S/C18H20N2O4S/c21-17(13-24-18(22)16-2-1-11-25-16)19-15-5-3-14(4-6-15)12-20-7-9-23-10-8-20/h1-6,11H,7-10,12-13H2,(H,19,21). The highest BCUT2D eigenvalue weighted by Gasteiger charge is 2.12. The van der Waals surface area contributed by atoms with E-state index in [4.69, 9.17) is 9.47 Å². The van der Waals surface area contributed by atoms with Crippen molar-refractivity contribution < 1.29 is 19.1 Å². The molecule has 2 heterocycles. The molecule has 1 aromatic heterocycles. The van der Waals surface area contributed by atoms with Gasteiger partial charge < -0.3 is 14.8 Å². The van der Waals surface area contributed by atoms with Gasteiger partial charge in [0.25, 0.3) is 5.91 Å². The van der Waals surface area contributed by atoms with Crippen molar-refractivity contribution in [3.63, 3.8) is 0 Å². The molecule has 1 saturated heterocycles. The van der Waals surface area contributed by atoms with Crippen LogP contribution in [0.3, 0.4) is 0 Å². The number of rotatable bonds is 6. The molecule has 7 heteroatoms. The molecule has 25 heavy (non-hydrogen) atoms. The van der Waals surface area contributed by atoms with Crippen molar-refractivity contribution >= 4 is 28.9 Å². The molecule has 6 nitrogen and oxygen atoms in total. The lowest BCUT2D eigenvalue weighted by atomic mass is 10.2. The van der Waals surface area contributed by atoms with E-state index in [-0.39, 0.29) is 12.5 Å². The summed E-state index contributed by atoms with van der Waals surface area (Å²) in [5.41, 5.74) is 1.87. The number of amides is 1. The molecule has 0 unspecified atom stereocenters. The van der Waals surface area contributed by atoms with Gasteiger partial charge in [0.05, 0.1) is 13.2 Å². The van der Waals surface area contributed by atoms with Gasteiger partial charge in [0.15, 0.2) is 6.61 Å². The highest BCUT2D eigenvalue weighted by Crippen LogP contribution is 2.13. The molecule has 3 rings (SSSR count). The maximum atomic E-state index is 11.9. The van der Waals surface area contributed by atoms with Crippen molar-refractivity contribution in [1.29, 1.82) is 0 Å². The molecule has 0 spiro atoms. The van der Waals surface area contributed by atoms with Crippen LogP contribution in [0.2, 0.25) is 0 Å². The Morgan fingerprint density at radius 1 is 1.16 bits per heavy atom. The number of hydrogen-bond donors (Lipinski definition) is 1. The molecule has 0 aliphatic carbocycles. The van der Waals surface area contributed by atoms with Crippen molar-refractivity contribution in [2.45, 2.75) is 6.54 Å². The van der Waals surface area contributed by atoms with Gasteiger partial charge in [0.1, 0.15) is 4.88 Å². The zero-order valence-electron chi connectivity index (χ0n) is 13.8. The first-order valence-electron chi connectivity index (χ1n) is 8.10. The van der Waals surface area contributed by atoms with Crippen LogP contribution >= 0.6 is 11.3 Å². The molecular weight excluding hydrogens is 340 g/mol. The number of carbonyl (C=O) groups excluding carboxylic acids is 2. The molecule has 1 fully saturated rings. The largest absolute Gasteiger partial charge is 0.451 e. The van der Waals surface area contributed by atoms with E-state index in [0.29, 0.717) is 10.6 Å². The van der Waals surface area contributed by atoms with Crippen LogP contribution in [-0.4, -0.2) is 49.7 Å². The average Bonchev–Trinajstić information content (AvgIpc) is 3.17. The summed E-state index contributed by atoms with van der Waals surface area (Å²) >= 11 is 1.28. The first-order chi connectivity index (χ1) is 12.2. The van der Waals surface area contributed by atoms with Crippen molar-refractivity contribution in [2.24, 2.45) is 0 Å². The summed E-state index contributed by atoms with van der Waals surface area (Å²) in [5, 5.41) is 4.51. The fraction of sp³-hybridized carbons (Fsp3) is 0.333. The van der Waals surface area contributed by atoms with Crippen LogP contribution < -0.4 is 5.32 Å². The van der Waals surface area contributed by atoms with E-state index in [1.807, 2.05) is 24.3 Å². The smallest absolute Gasteiger partial charge is 0.348 e. The van der Waals surface area contributed by atoms with Crippen LogP contribution in [0.15, 0.2) is 41.8 Å². The summed E-state index contributed by atoms with van der Waals surface area (Å²) in [5.74, 6) is -0.836. The van der Waals surface area contributed by atoms with Crippen LogP contribution in [0.1, 0.15) is 15.2 Å². The van der Waals surface area contributed by atoms with Crippen LogP contribution in [0.4, 0.5) is 5.69 Å². The van der Waals surface area contributed by atoms with Gasteiger partial charge in [0.2, 0.25) is 0 Å². The third-order valence-electron chi connectivity index (χ3n) is 3.80. The summed E-state index contributed by atoms with van der Waals surface area (Å²) < 4.78 is 10.3. The first kappa shape index (κ1) is 17.6. The highest BCUT2D eigenvalue weighted by atomic mass is 32.1. The second-order valence-corrected chi connectivity index (χ2v) is 6.63. The van der Waals surface area contributed by atoms with Gasteiger partial charge in [-0.25, -0.2) is 4.79 Å². The molecule has 1 N–H and O–H groups in total. The fourth-order valence-electron chi connectivity index (χ4n) is 2.50. The monoisotopic (exact) mass is 360 g/mol. The van der Waals surface area contributed by atoms with Crippen LogP contribution in [-0.2, 0) is 20.8 Å². The number of anilines is 1. The van der Waals surface area contributed by atoms with E-state index in [2.05, 4.69) is 10.2 Å². The summed E-state index contributed by atoms with van der Waals surface area (Å²) in [6, 6.07) is 11.1.